The molecule has 8 heteroatoms. The molecule has 1 aromatic rings. The number of rotatable bonds is 7. The molecule has 2 N–H and O–H groups in total. The smallest absolute Gasteiger partial charge is 0.271 e. The molecule has 118 valence electrons. The fourth-order valence-corrected chi connectivity index (χ4v) is 2.65. The minimum absolute atomic E-state index is 0.0897. The summed E-state index contributed by atoms with van der Waals surface area (Å²) in [6, 6.07) is 2.20. The van der Waals surface area contributed by atoms with E-state index in [1.165, 1.54) is 6.07 Å². The second-order valence-electron chi connectivity index (χ2n) is 5.28. The van der Waals surface area contributed by atoms with Crippen LogP contribution in [0.15, 0.2) is 17.0 Å². The van der Waals surface area contributed by atoms with Crippen molar-refractivity contribution in [2.24, 2.45) is 11.1 Å². The monoisotopic (exact) mass is 316 g/mol. The fraction of sp³-hybridized carbons (Fsp3) is 0.538. The number of non-ortho nitro benzene ring substituents is 1. The van der Waals surface area contributed by atoms with E-state index in [2.05, 4.69) is 13.8 Å². The van der Waals surface area contributed by atoms with Gasteiger partial charge in [-0.1, -0.05) is 13.8 Å². The largest absolute Gasteiger partial charge is 0.492 e. The lowest BCUT2D eigenvalue weighted by molar-refractivity contribution is -0.385. The summed E-state index contributed by atoms with van der Waals surface area (Å²) in [6.45, 7) is 6.04. The molecule has 0 aliphatic rings. The van der Waals surface area contributed by atoms with E-state index in [9.17, 15) is 18.5 Å². The maximum Gasteiger partial charge on any atom is 0.271 e. The first-order valence-electron chi connectivity index (χ1n) is 6.57. The molecule has 1 rings (SSSR count). The molecule has 0 radical (unpaired) electrons. The van der Waals surface area contributed by atoms with Gasteiger partial charge in [-0.3, -0.25) is 10.1 Å². The summed E-state index contributed by atoms with van der Waals surface area (Å²) in [5.41, 5.74) is 0.0452. The van der Waals surface area contributed by atoms with Crippen molar-refractivity contribution >= 4 is 15.7 Å². The number of nitro groups is 1. The van der Waals surface area contributed by atoms with Crippen molar-refractivity contribution in [3.05, 3.63) is 27.8 Å². The lowest BCUT2D eigenvalue weighted by Crippen LogP contribution is -2.15. The summed E-state index contributed by atoms with van der Waals surface area (Å²) in [4.78, 5) is 9.80. The van der Waals surface area contributed by atoms with Crippen LogP contribution < -0.4 is 9.88 Å². The summed E-state index contributed by atoms with van der Waals surface area (Å²) in [5, 5.41) is 15.9. The molecule has 0 bridgehead atoms. The van der Waals surface area contributed by atoms with Crippen LogP contribution in [0.2, 0.25) is 0 Å². The van der Waals surface area contributed by atoms with E-state index in [4.69, 9.17) is 9.88 Å². The number of sulfonamides is 1. The molecule has 0 fully saturated rings. The van der Waals surface area contributed by atoms with Crippen LogP contribution in [0.25, 0.3) is 0 Å². The lowest BCUT2D eigenvalue weighted by atomic mass is 10.1. The lowest BCUT2D eigenvalue weighted by Gasteiger charge is -2.13. The van der Waals surface area contributed by atoms with Gasteiger partial charge in [0.25, 0.3) is 5.69 Å². The molecule has 1 aromatic carbocycles. The highest BCUT2D eigenvalue weighted by Gasteiger charge is 2.22. The summed E-state index contributed by atoms with van der Waals surface area (Å²) in [5.74, 6) is 0.608. The molecule has 0 aliphatic heterocycles. The second-order valence-corrected chi connectivity index (χ2v) is 6.81. The van der Waals surface area contributed by atoms with Crippen molar-refractivity contribution in [3.63, 3.8) is 0 Å². The van der Waals surface area contributed by atoms with E-state index in [-0.39, 0.29) is 16.3 Å². The van der Waals surface area contributed by atoms with Gasteiger partial charge in [-0.05, 0) is 31.2 Å². The third kappa shape index (κ3) is 4.98. The third-order valence-electron chi connectivity index (χ3n) is 2.91. The zero-order chi connectivity index (χ0) is 16.2. The summed E-state index contributed by atoms with van der Waals surface area (Å²) >= 11 is 0. The van der Waals surface area contributed by atoms with Gasteiger partial charge in [0, 0.05) is 12.1 Å². The van der Waals surface area contributed by atoms with Crippen molar-refractivity contribution < 1.29 is 18.1 Å². The molecule has 0 unspecified atom stereocenters. The number of ether oxygens (including phenoxy) is 1. The van der Waals surface area contributed by atoms with Crippen molar-refractivity contribution in [2.45, 2.75) is 38.5 Å². The van der Waals surface area contributed by atoms with Gasteiger partial charge in [0.2, 0.25) is 10.0 Å². The molecule has 0 heterocycles. The van der Waals surface area contributed by atoms with Gasteiger partial charge in [-0.15, -0.1) is 0 Å². The Hall–Kier alpha value is -1.67. The van der Waals surface area contributed by atoms with Crippen LogP contribution in [0.3, 0.4) is 0 Å². The Morgan fingerprint density at radius 1 is 1.38 bits per heavy atom. The first-order chi connectivity index (χ1) is 9.62. The molecule has 0 aliphatic carbocycles. The van der Waals surface area contributed by atoms with Crippen molar-refractivity contribution in [1.82, 2.24) is 0 Å². The minimum atomic E-state index is -4.09. The van der Waals surface area contributed by atoms with Gasteiger partial charge >= 0.3 is 0 Å². The zero-order valence-corrected chi connectivity index (χ0v) is 13.1. The first kappa shape index (κ1) is 17.4. The second kappa shape index (κ2) is 6.86. The molecular weight excluding hydrogens is 296 g/mol. The van der Waals surface area contributed by atoms with Crippen LogP contribution in [0.1, 0.15) is 32.3 Å². The number of hydrogen-bond acceptors (Lipinski definition) is 5. The Bertz CT molecular complexity index is 626. The maximum absolute atomic E-state index is 11.6. The van der Waals surface area contributed by atoms with Gasteiger partial charge in [0.1, 0.15) is 10.6 Å². The predicted molar refractivity (Wildman–Crippen MR) is 78.8 cm³/mol. The van der Waals surface area contributed by atoms with Gasteiger partial charge < -0.3 is 4.74 Å². The maximum atomic E-state index is 11.6. The van der Waals surface area contributed by atoms with Crippen LogP contribution in [0.4, 0.5) is 5.69 Å². The van der Waals surface area contributed by atoms with Crippen molar-refractivity contribution in [1.29, 1.82) is 0 Å². The third-order valence-corrected chi connectivity index (χ3v) is 3.83. The zero-order valence-electron chi connectivity index (χ0n) is 12.3. The van der Waals surface area contributed by atoms with E-state index in [1.807, 2.05) is 0 Å². The molecule has 21 heavy (non-hydrogen) atoms. The van der Waals surface area contributed by atoms with Crippen LogP contribution in [-0.4, -0.2) is 19.9 Å². The molecule has 0 atom stereocenters. The standard InChI is InChI=1S/C13H20N2O5S/c1-9(2)5-4-6-20-13-10(3)7-11(15(16)17)8-12(13)21(14,18)19/h7-9H,4-6H2,1-3H3,(H2,14,18,19). The van der Waals surface area contributed by atoms with Gasteiger partial charge in [-0.2, -0.15) is 0 Å². The Balaban J connectivity index is 3.10. The Morgan fingerprint density at radius 2 is 2.00 bits per heavy atom. The van der Waals surface area contributed by atoms with E-state index >= 15 is 0 Å². The van der Waals surface area contributed by atoms with Crippen LogP contribution in [-0.2, 0) is 10.0 Å². The molecule has 0 aromatic heterocycles. The highest BCUT2D eigenvalue weighted by atomic mass is 32.2. The molecule has 0 saturated carbocycles. The number of aryl methyl sites for hydroxylation is 1. The summed E-state index contributed by atoms with van der Waals surface area (Å²) < 4.78 is 28.7. The minimum Gasteiger partial charge on any atom is -0.492 e. The quantitative estimate of drug-likeness (QED) is 0.471. The Kier molecular flexibility index (Phi) is 5.68. The topological polar surface area (TPSA) is 113 Å². The average molecular weight is 316 g/mol. The normalized spacial score (nSPS) is 11.7. The van der Waals surface area contributed by atoms with Crippen molar-refractivity contribution in [2.75, 3.05) is 6.61 Å². The molecule has 0 spiro atoms. The SMILES string of the molecule is Cc1cc([N+](=O)[O-])cc(S(N)(=O)=O)c1OCCCC(C)C. The summed E-state index contributed by atoms with van der Waals surface area (Å²) in [7, 11) is -4.09. The number of nitrogens with zero attached hydrogens (tertiary/aromatic N) is 1. The number of nitrogens with two attached hydrogens (primary N) is 1. The average Bonchev–Trinajstić information content (AvgIpc) is 2.33. The number of hydrogen-bond donors (Lipinski definition) is 1. The number of nitro benzene ring substituents is 1. The van der Waals surface area contributed by atoms with Gasteiger partial charge in [-0.25, -0.2) is 13.6 Å². The Morgan fingerprint density at radius 3 is 2.48 bits per heavy atom. The molecule has 0 amide bonds. The van der Waals surface area contributed by atoms with E-state index < -0.39 is 14.9 Å². The van der Waals surface area contributed by atoms with Gasteiger partial charge in [0.05, 0.1) is 11.5 Å². The highest BCUT2D eigenvalue weighted by Crippen LogP contribution is 2.32. The predicted octanol–water partition coefficient (Wildman–Crippen LogP) is 2.37. The Labute approximate surface area is 124 Å². The molecule has 7 nitrogen and oxygen atoms in total. The summed E-state index contributed by atoms with van der Waals surface area (Å²) in [6.07, 6.45) is 1.70. The van der Waals surface area contributed by atoms with E-state index in [0.29, 0.717) is 18.1 Å². The van der Waals surface area contributed by atoms with Crippen LogP contribution in [0.5, 0.6) is 5.75 Å². The first-order valence-corrected chi connectivity index (χ1v) is 8.12. The van der Waals surface area contributed by atoms with Crippen molar-refractivity contribution in [3.8, 4) is 5.75 Å². The van der Waals surface area contributed by atoms with E-state index in [0.717, 1.165) is 18.9 Å². The van der Waals surface area contributed by atoms with E-state index in [1.54, 1.807) is 6.92 Å². The number of primary sulfonamides is 1. The molecular formula is C13H20N2O5S. The van der Waals surface area contributed by atoms with Gasteiger partial charge in [0.15, 0.2) is 0 Å². The number of benzene rings is 1. The fourth-order valence-electron chi connectivity index (χ4n) is 1.89. The van der Waals surface area contributed by atoms with Crippen LogP contribution >= 0.6 is 0 Å². The molecule has 0 saturated heterocycles. The highest BCUT2D eigenvalue weighted by molar-refractivity contribution is 7.89. The van der Waals surface area contributed by atoms with Crippen LogP contribution in [0, 0.1) is 23.0 Å².